The van der Waals surface area contributed by atoms with Crippen LogP contribution in [0.4, 0.5) is 0 Å². The highest BCUT2D eigenvalue weighted by atomic mass is 16.5. The summed E-state index contributed by atoms with van der Waals surface area (Å²) in [6.07, 6.45) is 3.80. The summed E-state index contributed by atoms with van der Waals surface area (Å²) < 4.78 is 11.8. The zero-order valence-corrected chi connectivity index (χ0v) is 14.1. The van der Waals surface area contributed by atoms with Crippen LogP contribution in [0.15, 0.2) is 29.8 Å². The summed E-state index contributed by atoms with van der Waals surface area (Å²) in [5.74, 6) is 2.28. The Hall–Kier alpha value is -1.78. The first kappa shape index (κ1) is 13.5. The van der Waals surface area contributed by atoms with Crippen LogP contribution in [0.5, 0.6) is 5.75 Å². The molecule has 6 heterocycles. The van der Waals surface area contributed by atoms with E-state index in [9.17, 15) is 0 Å². The molecule has 4 bridgehead atoms. The first-order valence-corrected chi connectivity index (χ1v) is 9.02. The van der Waals surface area contributed by atoms with E-state index in [1.807, 2.05) is 0 Å². The van der Waals surface area contributed by atoms with Crippen LogP contribution in [-0.2, 0) is 4.74 Å². The first-order valence-electron chi connectivity index (χ1n) is 9.02. The van der Waals surface area contributed by atoms with Gasteiger partial charge in [0.25, 0.3) is 0 Å². The van der Waals surface area contributed by atoms with Crippen molar-refractivity contribution < 1.29 is 9.47 Å². The van der Waals surface area contributed by atoms with Gasteiger partial charge in [-0.2, -0.15) is 0 Å². The molecule has 1 N–H and O–H groups in total. The van der Waals surface area contributed by atoms with Gasteiger partial charge in [-0.25, -0.2) is 0 Å². The smallest absolute Gasteiger partial charge is 0.120 e. The molecule has 1 aromatic carbocycles. The topological polar surface area (TPSA) is 37.5 Å². The highest BCUT2D eigenvalue weighted by molar-refractivity contribution is 5.87. The van der Waals surface area contributed by atoms with Crippen molar-refractivity contribution in [2.45, 2.75) is 31.5 Å². The minimum absolute atomic E-state index is 0.226. The molecule has 0 aliphatic carbocycles. The number of nitrogens with zero attached hydrogens (tertiary/aromatic N) is 1. The zero-order chi connectivity index (χ0) is 16.0. The molecule has 4 heteroatoms. The molecular weight excluding hydrogens is 300 g/mol. The van der Waals surface area contributed by atoms with Crippen molar-refractivity contribution in [1.82, 2.24) is 9.88 Å². The number of fused-ring (bicyclic) bond motifs is 5. The molecule has 0 radical (unpaired) electrons. The molecule has 5 aliphatic rings. The number of aromatic nitrogens is 1. The van der Waals surface area contributed by atoms with Gasteiger partial charge in [-0.05, 0) is 31.4 Å². The minimum Gasteiger partial charge on any atom is -0.497 e. The number of hydrogen-bond donors (Lipinski definition) is 1. The molecule has 0 saturated carbocycles. The summed E-state index contributed by atoms with van der Waals surface area (Å²) >= 11 is 0. The number of rotatable bonds is 1. The molecule has 0 spiro atoms. The Kier molecular flexibility index (Phi) is 2.50. The lowest BCUT2D eigenvalue weighted by Crippen LogP contribution is -2.59. The molecule has 5 aliphatic heterocycles. The van der Waals surface area contributed by atoms with Crippen LogP contribution in [0.25, 0.3) is 10.9 Å². The SMILES string of the molecule is CC=C1CN2[C@@H]3[C@H]4CO[C@@H]3c3c([nH]c5cc(OC)ccc35)[C@@H]2C[C@@H]14. The quantitative estimate of drug-likeness (QED) is 0.816. The lowest BCUT2D eigenvalue weighted by molar-refractivity contribution is -0.0332. The lowest BCUT2D eigenvalue weighted by atomic mass is 9.64. The maximum absolute atomic E-state index is 6.39. The Bertz CT molecular complexity index is 883. The molecule has 1 aromatic heterocycles. The van der Waals surface area contributed by atoms with Crippen LogP contribution in [0, 0.1) is 11.8 Å². The molecule has 4 saturated heterocycles. The fraction of sp³-hybridized carbons (Fsp3) is 0.500. The predicted octanol–water partition coefficient (Wildman–Crippen LogP) is 3.57. The van der Waals surface area contributed by atoms with Gasteiger partial charge in [-0.1, -0.05) is 11.6 Å². The predicted molar refractivity (Wildman–Crippen MR) is 92.1 cm³/mol. The molecule has 7 rings (SSSR count). The average Bonchev–Trinajstić information content (AvgIpc) is 3.23. The van der Waals surface area contributed by atoms with Gasteiger partial charge in [0.2, 0.25) is 0 Å². The summed E-state index contributed by atoms with van der Waals surface area (Å²) in [6, 6.07) is 7.47. The molecular formula is C20H22N2O2. The van der Waals surface area contributed by atoms with Gasteiger partial charge in [0.05, 0.1) is 19.8 Å². The fourth-order valence-corrected chi connectivity index (χ4v) is 5.90. The third kappa shape index (κ3) is 1.43. The van der Waals surface area contributed by atoms with Gasteiger partial charge in [0, 0.05) is 46.7 Å². The molecule has 6 atom stereocenters. The zero-order valence-electron chi connectivity index (χ0n) is 14.1. The van der Waals surface area contributed by atoms with Crippen LogP contribution in [0.3, 0.4) is 0 Å². The van der Waals surface area contributed by atoms with E-state index in [1.54, 1.807) is 12.7 Å². The van der Waals surface area contributed by atoms with Crippen LogP contribution >= 0.6 is 0 Å². The summed E-state index contributed by atoms with van der Waals surface area (Å²) in [5, 5.41) is 1.32. The van der Waals surface area contributed by atoms with E-state index in [0.29, 0.717) is 23.9 Å². The molecule has 4 fully saturated rings. The molecule has 0 amide bonds. The number of nitrogens with one attached hydrogen (secondary N) is 1. The highest BCUT2D eigenvalue weighted by Crippen LogP contribution is 2.60. The van der Waals surface area contributed by atoms with E-state index in [2.05, 4.69) is 41.1 Å². The van der Waals surface area contributed by atoms with Crippen molar-refractivity contribution >= 4 is 10.9 Å². The van der Waals surface area contributed by atoms with Crippen molar-refractivity contribution in [2.24, 2.45) is 11.8 Å². The highest BCUT2D eigenvalue weighted by Gasteiger charge is 2.59. The molecule has 2 aromatic rings. The number of aromatic amines is 1. The van der Waals surface area contributed by atoms with Crippen molar-refractivity contribution in [3.63, 3.8) is 0 Å². The molecule has 4 nitrogen and oxygen atoms in total. The monoisotopic (exact) mass is 322 g/mol. The van der Waals surface area contributed by atoms with E-state index in [4.69, 9.17) is 9.47 Å². The minimum atomic E-state index is 0.226. The standard InChI is InChI=1S/C20H22N2O2/c1-3-10-8-22-16-7-13(10)14-9-24-20(19(14)22)17-12-5-4-11(23-2)6-15(12)21-18(16)17/h3-6,13-14,16,19-21H,7-9H2,1-2H3/t13-,14-,16-,19+,20+/m0/s1. The van der Waals surface area contributed by atoms with Crippen LogP contribution < -0.4 is 4.74 Å². The van der Waals surface area contributed by atoms with Gasteiger partial charge in [-0.15, -0.1) is 0 Å². The Morgan fingerprint density at radius 3 is 3.12 bits per heavy atom. The van der Waals surface area contributed by atoms with Crippen LogP contribution in [0.1, 0.15) is 36.7 Å². The van der Waals surface area contributed by atoms with E-state index in [1.165, 1.54) is 28.6 Å². The van der Waals surface area contributed by atoms with Gasteiger partial charge < -0.3 is 14.5 Å². The van der Waals surface area contributed by atoms with Gasteiger partial charge in [0.1, 0.15) is 11.9 Å². The van der Waals surface area contributed by atoms with Gasteiger partial charge in [-0.3, -0.25) is 4.90 Å². The molecule has 124 valence electrons. The normalized spacial score (nSPS) is 40.3. The second-order valence-corrected chi connectivity index (χ2v) is 7.67. The number of H-pyrrole nitrogens is 1. The van der Waals surface area contributed by atoms with E-state index >= 15 is 0 Å². The second-order valence-electron chi connectivity index (χ2n) is 7.67. The third-order valence-electron chi connectivity index (χ3n) is 6.90. The van der Waals surface area contributed by atoms with Crippen LogP contribution in [0.2, 0.25) is 0 Å². The summed E-state index contributed by atoms with van der Waals surface area (Å²) in [7, 11) is 1.73. The van der Waals surface area contributed by atoms with Crippen LogP contribution in [-0.4, -0.2) is 36.2 Å². The van der Waals surface area contributed by atoms with Crippen molar-refractivity contribution in [3.8, 4) is 5.75 Å². The third-order valence-corrected chi connectivity index (χ3v) is 6.90. The summed E-state index contributed by atoms with van der Waals surface area (Å²) in [4.78, 5) is 6.44. The van der Waals surface area contributed by atoms with Crippen molar-refractivity contribution in [3.05, 3.63) is 41.1 Å². The second kappa shape index (κ2) is 4.44. The Morgan fingerprint density at radius 1 is 1.38 bits per heavy atom. The first-order chi connectivity index (χ1) is 11.8. The fourth-order valence-electron chi connectivity index (χ4n) is 5.90. The van der Waals surface area contributed by atoms with E-state index in [-0.39, 0.29) is 6.10 Å². The lowest BCUT2D eigenvalue weighted by Gasteiger charge is -2.56. The average molecular weight is 322 g/mol. The number of ether oxygens (including phenoxy) is 2. The van der Waals surface area contributed by atoms with Gasteiger partial charge in [0.15, 0.2) is 0 Å². The van der Waals surface area contributed by atoms with Crippen molar-refractivity contribution in [1.29, 1.82) is 0 Å². The number of methoxy groups -OCH3 is 1. The van der Waals surface area contributed by atoms with E-state index < -0.39 is 0 Å². The number of piperidine rings is 3. The maximum atomic E-state index is 6.39. The summed E-state index contributed by atoms with van der Waals surface area (Å²) in [6.45, 7) is 4.22. The number of allylic oxidation sites excluding steroid dienone is 1. The molecule has 1 unspecified atom stereocenters. The summed E-state index contributed by atoms with van der Waals surface area (Å²) in [5.41, 5.74) is 5.61. The molecule has 24 heavy (non-hydrogen) atoms. The van der Waals surface area contributed by atoms with Gasteiger partial charge >= 0.3 is 0 Å². The number of hydrogen-bond acceptors (Lipinski definition) is 3. The Balaban J connectivity index is 1.59. The Labute approximate surface area is 141 Å². The Morgan fingerprint density at radius 2 is 2.29 bits per heavy atom. The maximum Gasteiger partial charge on any atom is 0.120 e. The van der Waals surface area contributed by atoms with Crippen molar-refractivity contribution in [2.75, 3.05) is 20.3 Å². The van der Waals surface area contributed by atoms with E-state index in [0.717, 1.165) is 18.9 Å². The number of benzene rings is 1. The largest absolute Gasteiger partial charge is 0.497 e.